The van der Waals surface area contributed by atoms with Gasteiger partial charge in [-0.2, -0.15) is 0 Å². The van der Waals surface area contributed by atoms with E-state index in [1.54, 1.807) is 0 Å². The van der Waals surface area contributed by atoms with Gasteiger partial charge in [0.2, 0.25) is 0 Å². The van der Waals surface area contributed by atoms with E-state index in [9.17, 15) is 0 Å². The van der Waals surface area contributed by atoms with Gasteiger partial charge in [-0.25, -0.2) is 0 Å². The third kappa shape index (κ3) is 2.23. The van der Waals surface area contributed by atoms with E-state index in [2.05, 4.69) is 59.1 Å². The molecule has 1 aromatic carbocycles. The fraction of sp³-hybridized carbons (Fsp3) is 0.455. The van der Waals surface area contributed by atoms with Gasteiger partial charge < -0.3 is 5.32 Å². The van der Waals surface area contributed by atoms with Gasteiger partial charge in [0.05, 0.1) is 0 Å². The summed E-state index contributed by atoms with van der Waals surface area (Å²) in [7, 11) is 0. The van der Waals surface area contributed by atoms with Crippen molar-refractivity contribution in [2.45, 2.75) is 19.4 Å². The van der Waals surface area contributed by atoms with Crippen molar-refractivity contribution >= 4 is 22.6 Å². The Morgan fingerprint density at radius 2 is 2.31 bits per heavy atom. The van der Waals surface area contributed by atoms with Gasteiger partial charge in [0.15, 0.2) is 0 Å². The van der Waals surface area contributed by atoms with Crippen molar-refractivity contribution in [1.82, 2.24) is 5.32 Å². The first-order valence-electron chi connectivity index (χ1n) is 4.74. The van der Waals surface area contributed by atoms with Gasteiger partial charge >= 0.3 is 0 Å². The van der Waals surface area contributed by atoms with Crippen LogP contribution < -0.4 is 5.32 Å². The Balaban J connectivity index is 2.16. The highest BCUT2D eigenvalue weighted by molar-refractivity contribution is 14.1. The number of hydrogen-bond acceptors (Lipinski definition) is 1. The van der Waals surface area contributed by atoms with Crippen LogP contribution >= 0.6 is 22.6 Å². The standard InChI is InChI=1S/C11H14IN/c1-8-5-11(13-7-8)9-3-2-4-10(12)6-9/h2-4,6,8,11,13H,5,7H2,1H3. The van der Waals surface area contributed by atoms with Gasteiger partial charge in [-0.05, 0) is 59.2 Å². The fourth-order valence-electron chi connectivity index (χ4n) is 1.89. The summed E-state index contributed by atoms with van der Waals surface area (Å²) in [5.74, 6) is 0.822. The van der Waals surface area contributed by atoms with Crippen molar-refractivity contribution in [3.8, 4) is 0 Å². The molecule has 0 bridgehead atoms. The van der Waals surface area contributed by atoms with E-state index in [1.165, 1.54) is 15.6 Å². The Bertz CT molecular complexity index is 298. The third-order valence-electron chi connectivity index (χ3n) is 2.60. The summed E-state index contributed by atoms with van der Waals surface area (Å²) in [4.78, 5) is 0. The molecule has 1 saturated heterocycles. The maximum atomic E-state index is 3.55. The largest absolute Gasteiger partial charge is 0.310 e. The Kier molecular flexibility index (Phi) is 2.89. The molecule has 1 fully saturated rings. The molecule has 1 heterocycles. The Labute approximate surface area is 93.1 Å². The van der Waals surface area contributed by atoms with E-state index >= 15 is 0 Å². The number of rotatable bonds is 1. The molecule has 1 N–H and O–H groups in total. The Morgan fingerprint density at radius 1 is 1.46 bits per heavy atom. The topological polar surface area (TPSA) is 12.0 Å². The molecule has 0 saturated carbocycles. The molecule has 1 aliphatic rings. The lowest BCUT2D eigenvalue weighted by Crippen LogP contribution is -2.13. The second kappa shape index (κ2) is 3.96. The highest BCUT2D eigenvalue weighted by Crippen LogP contribution is 2.27. The minimum atomic E-state index is 0.588. The highest BCUT2D eigenvalue weighted by Gasteiger charge is 2.21. The predicted octanol–water partition coefficient (Wildman–Crippen LogP) is 2.96. The van der Waals surface area contributed by atoms with Crippen LogP contribution in [0.15, 0.2) is 24.3 Å². The van der Waals surface area contributed by atoms with Crippen LogP contribution in [0.1, 0.15) is 24.9 Å². The predicted molar refractivity (Wildman–Crippen MR) is 63.7 cm³/mol. The van der Waals surface area contributed by atoms with E-state index in [0.717, 1.165) is 12.5 Å². The van der Waals surface area contributed by atoms with Crippen LogP contribution in [0.5, 0.6) is 0 Å². The van der Waals surface area contributed by atoms with E-state index < -0.39 is 0 Å². The molecule has 13 heavy (non-hydrogen) atoms. The van der Waals surface area contributed by atoms with E-state index in [-0.39, 0.29) is 0 Å². The molecule has 2 rings (SSSR count). The number of nitrogens with one attached hydrogen (secondary N) is 1. The average Bonchev–Trinajstić information content (AvgIpc) is 2.52. The first kappa shape index (κ1) is 9.46. The van der Waals surface area contributed by atoms with Crippen molar-refractivity contribution in [3.63, 3.8) is 0 Å². The van der Waals surface area contributed by atoms with E-state index in [1.807, 2.05) is 0 Å². The molecule has 2 heteroatoms. The van der Waals surface area contributed by atoms with Crippen LogP contribution in [0, 0.1) is 9.49 Å². The minimum Gasteiger partial charge on any atom is -0.310 e. The maximum absolute atomic E-state index is 3.55. The summed E-state index contributed by atoms with van der Waals surface area (Å²) in [5, 5.41) is 3.55. The second-order valence-corrected chi connectivity index (χ2v) is 5.10. The van der Waals surface area contributed by atoms with Gasteiger partial charge in [0, 0.05) is 9.61 Å². The first-order valence-corrected chi connectivity index (χ1v) is 5.82. The normalized spacial score (nSPS) is 27.8. The lowest BCUT2D eigenvalue weighted by Gasteiger charge is -2.10. The average molecular weight is 287 g/mol. The van der Waals surface area contributed by atoms with Gasteiger partial charge in [-0.3, -0.25) is 0 Å². The summed E-state index contributed by atoms with van der Waals surface area (Å²) < 4.78 is 1.33. The van der Waals surface area contributed by atoms with Crippen LogP contribution in [0.2, 0.25) is 0 Å². The SMILES string of the molecule is CC1CNC(c2cccc(I)c2)C1. The molecule has 0 aromatic heterocycles. The quantitative estimate of drug-likeness (QED) is 0.783. The molecule has 1 nitrogen and oxygen atoms in total. The van der Waals surface area contributed by atoms with Crippen molar-refractivity contribution in [1.29, 1.82) is 0 Å². The van der Waals surface area contributed by atoms with Crippen LogP contribution in [-0.4, -0.2) is 6.54 Å². The van der Waals surface area contributed by atoms with Crippen molar-refractivity contribution in [2.75, 3.05) is 6.54 Å². The van der Waals surface area contributed by atoms with Crippen molar-refractivity contribution in [3.05, 3.63) is 33.4 Å². The first-order chi connectivity index (χ1) is 6.25. The maximum Gasteiger partial charge on any atom is 0.0323 e. The zero-order valence-corrected chi connectivity index (χ0v) is 9.91. The van der Waals surface area contributed by atoms with Crippen LogP contribution in [0.3, 0.4) is 0 Å². The van der Waals surface area contributed by atoms with Crippen LogP contribution in [-0.2, 0) is 0 Å². The number of halogens is 1. The molecule has 1 aromatic rings. The fourth-order valence-corrected chi connectivity index (χ4v) is 2.46. The molecular formula is C11H14IN. The van der Waals surface area contributed by atoms with Gasteiger partial charge in [0.25, 0.3) is 0 Å². The summed E-state index contributed by atoms with van der Waals surface area (Å²) in [6, 6.07) is 9.36. The molecule has 2 atom stereocenters. The highest BCUT2D eigenvalue weighted by atomic mass is 127. The summed E-state index contributed by atoms with van der Waals surface area (Å²) in [6.07, 6.45) is 1.28. The lowest BCUT2D eigenvalue weighted by molar-refractivity contribution is 0.611. The van der Waals surface area contributed by atoms with Gasteiger partial charge in [-0.15, -0.1) is 0 Å². The van der Waals surface area contributed by atoms with Gasteiger partial charge in [0.1, 0.15) is 0 Å². The molecule has 1 aliphatic heterocycles. The summed E-state index contributed by atoms with van der Waals surface area (Å²) in [6.45, 7) is 3.47. The Morgan fingerprint density at radius 3 is 2.92 bits per heavy atom. The van der Waals surface area contributed by atoms with Crippen LogP contribution in [0.4, 0.5) is 0 Å². The van der Waals surface area contributed by atoms with Crippen molar-refractivity contribution in [2.24, 2.45) is 5.92 Å². The molecule has 0 radical (unpaired) electrons. The molecule has 0 aliphatic carbocycles. The zero-order chi connectivity index (χ0) is 9.26. The molecule has 2 unspecified atom stereocenters. The molecular weight excluding hydrogens is 273 g/mol. The van der Waals surface area contributed by atoms with E-state index in [0.29, 0.717) is 6.04 Å². The summed E-state index contributed by atoms with van der Waals surface area (Å²) >= 11 is 2.37. The number of benzene rings is 1. The van der Waals surface area contributed by atoms with Crippen LogP contribution in [0.25, 0.3) is 0 Å². The van der Waals surface area contributed by atoms with Crippen molar-refractivity contribution < 1.29 is 0 Å². The smallest absolute Gasteiger partial charge is 0.0323 e. The second-order valence-electron chi connectivity index (χ2n) is 3.86. The third-order valence-corrected chi connectivity index (χ3v) is 3.27. The molecule has 0 amide bonds. The Hall–Kier alpha value is -0.0900. The monoisotopic (exact) mass is 287 g/mol. The van der Waals surface area contributed by atoms with E-state index in [4.69, 9.17) is 0 Å². The number of hydrogen-bond donors (Lipinski definition) is 1. The molecule has 70 valence electrons. The zero-order valence-electron chi connectivity index (χ0n) is 7.76. The minimum absolute atomic E-state index is 0.588. The lowest BCUT2D eigenvalue weighted by atomic mass is 10.0. The summed E-state index contributed by atoms with van der Waals surface area (Å²) in [5.41, 5.74) is 1.44. The van der Waals surface area contributed by atoms with Gasteiger partial charge in [-0.1, -0.05) is 19.1 Å². The molecule has 0 spiro atoms.